The highest BCUT2D eigenvalue weighted by molar-refractivity contribution is 6.00. The summed E-state index contributed by atoms with van der Waals surface area (Å²) in [4.78, 5) is 43.6. The third-order valence-corrected chi connectivity index (χ3v) is 8.30. The molecule has 0 aliphatic heterocycles. The molecule has 0 radical (unpaired) electrons. The van der Waals surface area contributed by atoms with Gasteiger partial charge in [-0.2, -0.15) is 0 Å². The Bertz CT molecular complexity index is 1460. The SMILES string of the molecule is CCCCCCCCN(C(=O)C(NC(=O)OC(C)(C)C)C(C)CC)C(C(=O)Nc1ccc2ccccc2c1)c1ccc(O)c(C)c1. The summed E-state index contributed by atoms with van der Waals surface area (Å²) >= 11 is 0. The molecule has 8 heteroatoms. The number of ether oxygens (including phenoxy) is 1. The maximum absolute atomic E-state index is 14.6. The van der Waals surface area contributed by atoms with E-state index in [1.165, 1.54) is 0 Å². The van der Waals surface area contributed by atoms with Crippen molar-refractivity contribution >= 4 is 34.4 Å². The molecule has 0 heterocycles. The van der Waals surface area contributed by atoms with Gasteiger partial charge in [0, 0.05) is 12.2 Å². The number of aromatic hydroxyl groups is 1. The molecule has 0 saturated carbocycles. The maximum atomic E-state index is 14.6. The van der Waals surface area contributed by atoms with E-state index in [2.05, 4.69) is 17.6 Å². The van der Waals surface area contributed by atoms with E-state index in [0.29, 0.717) is 36.2 Å². The van der Waals surface area contributed by atoms with E-state index < -0.39 is 23.8 Å². The molecule has 3 unspecified atom stereocenters. The minimum Gasteiger partial charge on any atom is -0.508 e. The fraction of sp³-hybridized carbons (Fsp3) is 0.500. The normalized spacial score (nSPS) is 13.5. The van der Waals surface area contributed by atoms with Gasteiger partial charge in [0.25, 0.3) is 5.91 Å². The Kier molecular flexibility index (Phi) is 13.5. The molecule has 250 valence electrons. The van der Waals surface area contributed by atoms with Gasteiger partial charge in [0.2, 0.25) is 5.91 Å². The second kappa shape index (κ2) is 17.0. The van der Waals surface area contributed by atoms with Crippen molar-refractivity contribution in [1.29, 1.82) is 0 Å². The lowest BCUT2D eigenvalue weighted by atomic mass is 9.95. The molecule has 8 nitrogen and oxygen atoms in total. The quantitative estimate of drug-likeness (QED) is 0.146. The van der Waals surface area contributed by atoms with Crippen LogP contribution in [-0.2, 0) is 14.3 Å². The fourth-order valence-electron chi connectivity index (χ4n) is 5.52. The van der Waals surface area contributed by atoms with Crippen molar-refractivity contribution in [3.05, 3.63) is 71.8 Å². The third-order valence-electron chi connectivity index (χ3n) is 8.30. The number of phenols is 1. The number of fused-ring (bicyclic) bond motifs is 1. The summed E-state index contributed by atoms with van der Waals surface area (Å²) in [7, 11) is 0. The van der Waals surface area contributed by atoms with Gasteiger partial charge in [-0.05, 0) is 86.2 Å². The molecule has 0 aliphatic rings. The number of phenolic OH excluding ortho intramolecular Hbond substituents is 1. The first-order chi connectivity index (χ1) is 21.8. The number of nitrogens with zero attached hydrogens (tertiary/aromatic N) is 1. The molecular formula is C38H53N3O5. The van der Waals surface area contributed by atoms with Crippen LogP contribution in [-0.4, -0.2) is 46.1 Å². The van der Waals surface area contributed by atoms with E-state index in [-0.39, 0.29) is 23.5 Å². The smallest absolute Gasteiger partial charge is 0.408 e. The van der Waals surface area contributed by atoms with Gasteiger partial charge in [-0.1, -0.05) is 95.7 Å². The number of unbranched alkanes of at least 4 members (excludes halogenated alkanes) is 5. The van der Waals surface area contributed by atoms with Crippen LogP contribution in [0.5, 0.6) is 5.75 Å². The first-order valence-corrected chi connectivity index (χ1v) is 16.7. The zero-order valence-electron chi connectivity index (χ0n) is 28.7. The molecule has 0 fully saturated rings. The molecule has 3 aromatic carbocycles. The number of nitrogens with one attached hydrogen (secondary N) is 2. The van der Waals surface area contributed by atoms with Crippen molar-refractivity contribution in [2.45, 2.75) is 111 Å². The average Bonchev–Trinajstić information content (AvgIpc) is 3.00. The standard InChI is InChI=1S/C38H53N3O5/c1-8-10-11-12-13-16-23-41(36(44)33(26(3)9-2)40-37(45)46-38(5,6)7)34(30-20-22-32(42)27(4)24-30)35(43)39-31-21-19-28-17-14-15-18-29(28)25-31/h14-15,17-22,24-26,33-34,42H,8-13,16,23H2,1-7H3,(H,39,43)(H,40,45). The molecule has 0 spiro atoms. The molecule has 3 N–H and O–H groups in total. The van der Waals surface area contributed by atoms with Gasteiger partial charge in [-0.15, -0.1) is 0 Å². The number of carbonyl (C=O) groups is 3. The van der Waals surface area contributed by atoms with Gasteiger partial charge in [0.1, 0.15) is 23.4 Å². The van der Waals surface area contributed by atoms with Crippen molar-refractivity contribution in [3.63, 3.8) is 0 Å². The Morgan fingerprint density at radius 2 is 1.57 bits per heavy atom. The molecule has 3 aromatic rings. The van der Waals surface area contributed by atoms with E-state index in [9.17, 15) is 19.5 Å². The number of aryl methyl sites for hydroxylation is 1. The van der Waals surface area contributed by atoms with Crippen LogP contribution in [0, 0.1) is 12.8 Å². The van der Waals surface area contributed by atoms with Gasteiger partial charge in [0.05, 0.1) is 0 Å². The summed E-state index contributed by atoms with van der Waals surface area (Å²) in [6.45, 7) is 13.5. The Morgan fingerprint density at radius 3 is 2.22 bits per heavy atom. The Balaban J connectivity index is 2.05. The molecule has 0 saturated heterocycles. The van der Waals surface area contributed by atoms with Crippen molar-refractivity contribution in [1.82, 2.24) is 10.2 Å². The Morgan fingerprint density at radius 1 is 0.891 bits per heavy atom. The lowest BCUT2D eigenvalue weighted by molar-refractivity contribution is -0.142. The summed E-state index contributed by atoms with van der Waals surface area (Å²) in [5.41, 5.74) is 1.05. The zero-order chi connectivity index (χ0) is 33.9. The summed E-state index contributed by atoms with van der Waals surface area (Å²) in [5.74, 6) is -0.842. The average molecular weight is 632 g/mol. The highest BCUT2D eigenvalue weighted by atomic mass is 16.6. The molecule has 3 amide bonds. The highest BCUT2D eigenvalue weighted by Gasteiger charge is 2.38. The number of hydrogen-bond acceptors (Lipinski definition) is 5. The number of carbonyl (C=O) groups excluding carboxylic acids is 3. The van der Waals surface area contributed by atoms with Crippen molar-refractivity contribution in [2.24, 2.45) is 5.92 Å². The lowest BCUT2D eigenvalue weighted by Crippen LogP contribution is -2.55. The number of benzene rings is 3. The molecular weight excluding hydrogens is 578 g/mol. The van der Waals surface area contributed by atoms with Crippen molar-refractivity contribution in [2.75, 3.05) is 11.9 Å². The zero-order valence-corrected chi connectivity index (χ0v) is 28.7. The predicted molar refractivity (Wildman–Crippen MR) is 186 cm³/mol. The topological polar surface area (TPSA) is 108 Å². The van der Waals surface area contributed by atoms with Crippen LogP contribution < -0.4 is 10.6 Å². The van der Waals surface area contributed by atoms with Crippen LogP contribution >= 0.6 is 0 Å². The lowest BCUT2D eigenvalue weighted by Gasteiger charge is -2.36. The van der Waals surface area contributed by atoms with Crippen molar-refractivity contribution in [3.8, 4) is 5.75 Å². The maximum Gasteiger partial charge on any atom is 0.408 e. The monoisotopic (exact) mass is 631 g/mol. The van der Waals surface area contributed by atoms with Crippen LogP contribution in [0.25, 0.3) is 10.8 Å². The van der Waals surface area contributed by atoms with Gasteiger partial charge < -0.3 is 25.4 Å². The van der Waals surface area contributed by atoms with E-state index >= 15 is 0 Å². The first kappa shape index (κ1) is 36.4. The van der Waals surface area contributed by atoms with Crippen LogP contribution in [0.1, 0.15) is 104 Å². The number of amides is 3. The largest absolute Gasteiger partial charge is 0.508 e. The molecule has 0 bridgehead atoms. The highest BCUT2D eigenvalue weighted by Crippen LogP contribution is 2.30. The van der Waals surface area contributed by atoms with Crippen LogP contribution in [0.3, 0.4) is 0 Å². The number of hydrogen-bond donors (Lipinski definition) is 3. The summed E-state index contributed by atoms with van der Waals surface area (Å²) in [6, 6.07) is 16.7. The molecule has 3 atom stereocenters. The predicted octanol–water partition coefficient (Wildman–Crippen LogP) is 8.66. The Hall–Kier alpha value is -4.07. The second-order valence-electron chi connectivity index (χ2n) is 13.3. The van der Waals surface area contributed by atoms with E-state index in [1.54, 1.807) is 50.8 Å². The Labute approximate surface area is 274 Å². The first-order valence-electron chi connectivity index (χ1n) is 16.7. The van der Waals surface area contributed by atoms with Gasteiger partial charge >= 0.3 is 6.09 Å². The molecule has 3 rings (SSSR count). The van der Waals surface area contributed by atoms with E-state index in [4.69, 9.17) is 4.74 Å². The summed E-state index contributed by atoms with van der Waals surface area (Å²) in [6.07, 6.45) is 6.00. The molecule has 0 aromatic heterocycles. The number of alkyl carbamates (subject to hydrolysis) is 1. The molecule has 0 aliphatic carbocycles. The molecule has 46 heavy (non-hydrogen) atoms. The second-order valence-corrected chi connectivity index (χ2v) is 13.3. The van der Waals surface area contributed by atoms with E-state index in [1.807, 2.05) is 56.3 Å². The van der Waals surface area contributed by atoms with Crippen LogP contribution in [0.4, 0.5) is 10.5 Å². The van der Waals surface area contributed by atoms with Gasteiger partial charge in [-0.3, -0.25) is 9.59 Å². The minimum atomic E-state index is -1.01. The number of anilines is 1. The summed E-state index contributed by atoms with van der Waals surface area (Å²) in [5, 5.41) is 18.3. The third kappa shape index (κ3) is 10.5. The van der Waals surface area contributed by atoms with Gasteiger partial charge in [0.15, 0.2) is 0 Å². The summed E-state index contributed by atoms with van der Waals surface area (Å²) < 4.78 is 5.54. The fourth-order valence-corrected chi connectivity index (χ4v) is 5.52. The van der Waals surface area contributed by atoms with Gasteiger partial charge in [-0.25, -0.2) is 4.79 Å². The van der Waals surface area contributed by atoms with Crippen LogP contribution in [0.15, 0.2) is 60.7 Å². The van der Waals surface area contributed by atoms with Crippen LogP contribution in [0.2, 0.25) is 0 Å². The van der Waals surface area contributed by atoms with Crippen molar-refractivity contribution < 1.29 is 24.2 Å². The number of rotatable bonds is 15. The minimum absolute atomic E-state index is 0.107. The van der Waals surface area contributed by atoms with E-state index in [0.717, 1.165) is 42.9 Å².